The lowest BCUT2D eigenvalue weighted by Gasteiger charge is -2.40. The highest BCUT2D eigenvalue weighted by atomic mass is 19.1. The molecule has 6 heterocycles. The fourth-order valence-corrected chi connectivity index (χ4v) is 7.29. The summed E-state index contributed by atoms with van der Waals surface area (Å²) >= 11 is 0. The number of nitrogens with zero attached hydrogens (tertiary/aromatic N) is 6. The van der Waals surface area contributed by atoms with Crippen LogP contribution in [0.4, 0.5) is 21.6 Å². The molecule has 10 nitrogen and oxygen atoms in total. The molecule has 2 N–H and O–H groups in total. The molecule has 1 aromatic carbocycles. The second-order valence-corrected chi connectivity index (χ2v) is 12.8. The van der Waals surface area contributed by atoms with Gasteiger partial charge in [-0.15, -0.1) is 0 Å². The molecular formula is C35H42FN7O3. The van der Waals surface area contributed by atoms with E-state index in [2.05, 4.69) is 36.2 Å². The van der Waals surface area contributed by atoms with Crippen LogP contribution in [0.15, 0.2) is 53.7 Å². The van der Waals surface area contributed by atoms with Crippen molar-refractivity contribution in [2.24, 2.45) is 0 Å². The standard InChI is InChI=1S/C35H42FN7O3/c1-23-22-46-35-32-28(16-29(36)33(35)40-12-4-3-5-13-40)34(44)25(20-43(23)32)19-42(18-24-10-11-38-31(15-24)45-2)27-7-6-14-41(21-27)26-8-9-30(37)39-17-26/h8-11,15-17,20,23,27H,3-7,12-14,18-19,21-22H2,1-2H3,(H2,37,39)/t23-,27-/m0/s1. The van der Waals surface area contributed by atoms with Crippen molar-refractivity contribution in [3.63, 3.8) is 0 Å². The predicted molar refractivity (Wildman–Crippen MR) is 178 cm³/mol. The number of pyridine rings is 3. The maximum atomic E-state index is 15.9. The van der Waals surface area contributed by atoms with Crippen molar-refractivity contribution in [2.75, 3.05) is 55.4 Å². The van der Waals surface area contributed by atoms with E-state index in [0.717, 1.165) is 69.5 Å². The molecule has 0 saturated carbocycles. The van der Waals surface area contributed by atoms with Crippen LogP contribution >= 0.6 is 0 Å². The van der Waals surface area contributed by atoms with E-state index in [1.54, 1.807) is 13.3 Å². The minimum absolute atomic E-state index is 0.00452. The molecule has 0 radical (unpaired) electrons. The van der Waals surface area contributed by atoms with Crippen LogP contribution in [0.25, 0.3) is 10.9 Å². The normalized spacial score (nSPS) is 19.8. The summed E-state index contributed by atoms with van der Waals surface area (Å²) in [6.45, 7) is 6.78. The molecule has 0 amide bonds. The fraction of sp³-hybridized carbons (Fsp3) is 0.457. The number of rotatable bonds is 8. The van der Waals surface area contributed by atoms with Gasteiger partial charge in [-0.1, -0.05) is 0 Å². The minimum atomic E-state index is -0.388. The average Bonchev–Trinajstić information content (AvgIpc) is 3.08. The van der Waals surface area contributed by atoms with Gasteiger partial charge in [0.1, 0.15) is 18.1 Å². The summed E-state index contributed by atoms with van der Waals surface area (Å²) < 4.78 is 29.7. The number of benzene rings is 1. The smallest absolute Gasteiger partial charge is 0.213 e. The van der Waals surface area contributed by atoms with Crippen LogP contribution in [-0.2, 0) is 13.1 Å². The number of nitrogens with two attached hydrogens (primary N) is 1. The summed E-state index contributed by atoms with van der Waals surface area (Å²) in [5.41, 5.74) is 9.62. The van der Waals surface area contributed by atoms with Crippen LogP contribution in [0.1, 0.15) is 56.2 Å². The molecule has 3 aliphatic heterocycles. The molecule has 2 fully saturated rings. The molecule has 7 rings (SSSR count). The zero-order valence-corrected chi connectivity index (χ0v) is 26.6. The largest absolute Gasteiger partial charge is 0.487 e. The molecule has 46 heavy (non-hydrogen) atoms. The number of anilines is 3. The Morgan fingerprint density at radius 3 is 2.67 bits per heavy atom. The van der Waals surface area contributed by atoms with Crippen LogP contribution in [0, 0.1) is 5.82 Å². The molecular weight excluding hydrogens is 585 g/mol. The molecule has 4 aromatic rings. The van der Waals surface area contributed by atoms with E-state index in [9.17, 15) is 4.79 Å². The van der Waals surface area contributed by atoms with Crippen molar-refractivity contribution in [1.29, 1.82) is 0 Å². The third-order valence-corrected chi connectivity index (χ3v) is 9.70. The first-order valence-corrected chi connectivity index (χ1v) is 16.4. The Morgan fingerprint density at radius 2 is 1.89 bits per heavy atom. The second-order valence-electron chi connectivity index (χ2n) is 12.8. The van der Waals surface area contributed by atoms with Gasteiger partial charge in [-0.25, -0.2) is 14.4 Å². The summed E-state index contributed by atoms with van der Waals surface area (Å²) in [6, 6.07) is 9.36. The lowest BCUT2D eigenvalue weighted by Crippen LogP contribution is -2.48. The first kappa shape index (κ1) is 30.3. The van der Waals surface area contributed by atoms with Gasteiger partial charge in [-0.05, 0) is 68.9 Å². The van der Waals surface area contributed by atoms with Crippen LogP contribution < -0.4 is 30.4 Å². The highest BCUT2D eigenvalue weighted by Gasteiger charge is 2.31. The van der Waals surface area contributed by atoms with Crippen LogP contribution in [0.2, 0.25) is 0 Å². The fourth-order valence-electron chi connectivity index (χ4n) is 7.29. The number of hydrogen-bond acceptors (Lipinski definition) is 9. The molecule has 11 heteroatoms. The lowest BCUT2D eigenvalue weighted by molar-refractivity contribution is 0.157. The quantitative estimate of drug-likeness (QED) is 0.285. The Balaban J connectivity index is 1.28. The van der Waals surface area contributed by atoms with E-state index in [4.69, 9.17) is 15.2 Å². The molecule has 242 valence electrons. The number of methoxy groups -OCH3 is 1. The summed E-state index contributed by atoms with van der Waals surface area (Å²) in [4.78, 5) is 29.7. The summed E-state index contributed by atoms with van der Waals surface area (Å²) in [5.74, 6) is 1.15. The third-order valence-electron chi connectivity index (χ3n) is 9.70. The summed E-state index contributed by atoms with van der Waals surface area (Å²) in [6.07, 6.45) is 10.7. The Kier molecular flexibility index (Phi) is 8.42. The molecule has 3 aromatic heterocycles. The van der Waals surface area contributed by atoms with E-state index in [-0.39, 0.29) is 23.3 Å². The van der Waals surface area contributed by atoms with Gasteiger partial charge in [-0.2, -0.15) is 0 Å². The van der Waals surface area contributed by atoms with Crippen molar-refractivity contribution in [3.8, 4) is 11.6 Å². The lowest BCUT2D eigenvalue weighted by atomic mass is 10.0. The molecule has 3 aliphatic rings. The zero-order valence-electron chi connectivity index (χ0n) is 26.6. The number of aromatic nitrogens is 3. The second kappa shape index (κ2) is 12.8. The number of nitrogen functional groups attached to an aromatic ring is 1. The maximum Gasteiger partial charge on any atom is 0.213 e. The Labute approximate surface area is 268 Å². The van der Waals surface area contributed by atoms with Crippen molar-refractivity contribution < 1.29 is 13.9 Å². The van der Waals surface area contributed by atoms with E-state index >= 15 is 4.39 Å². The van der Waals surface area contributed by atoms with Gasteiger partial charge in [0, 0.05) is 69.3 Å². The topological polar surface area (TPSA) is 102 Å². The monoisotopic (exact) mass is 627 g/mol. The van der Waals surface area contributed by atoms with Crippen LogP contribution in [0.5, 0.6) is 11.6 Å². The van der Waals surface area contributed by atoms with Gasteiger partial charge in [0.25, 0.3) is 0 Å². The first-order valence-electron chi connectivity index (χ1n) is 16.4. The Morgan fingerprint density at radius 1 is 1.07 bits per heavy atom. The van der Waals surface area contributed by atoms with Gasteiger partial charge in [0.2, 0.25) is 5.88 Å². The van der Waals surface area contributed by atoms with Crippen LogP contribution in [0.3, 0.4) is 0 Å². The number of halogens is 1. The van der Waals surface area contributed by atoms with Gasteiger partial charge in [0.15, 0.2) is 17.0 Å². The first-order chi connectivity index (χ1) is 22.4. The van der Waals surface area contributed by atoms with E-state index in [0.29, 0.717) is 59.3 Å². The molecule has 0 aliphatic carbocycles. The SMILES string of the molecule is COc1cc(CN(Cc2cn3c4c(c(N5CCCCC5)c(F)cc4c2=O)OC[C@@H]3C)[C@H]2CCCN(c3ccc(N)nc3)C2)ccn1. The van der Waals surface area contributed by atoms with E-state index in [1.165, 1.54) is 6.07 Å². The van der Waals surface area contributed by atoms with Crippen molar-refractivity contribution in [2.45, 2.75) is 64.2 Å². The summed E-state index contributed by atoms with van der Waals surface area (Å²) in [5, 5.41) is 0.376. The molecule has 0 bridgehead atoms. The highest BCUT2D eigenvalue weighted by Crippen LogP contribution is 2.42. The maximum absolute atomic E-state index is 15.9. The predicted octanol–water partition coefficient (Wildman–Crippen LogP) is 5.14. The highest BCUT2D eigenvalue weighted by molar-refractivity contribution is 5.92. The van der Waals surface area contributed by atoms with Gasteiger partial charge < -0.3 is 29.6 Å². The zero-order chi connectivity index (χ0) is 31.8. The summed E-state index contributed by atoms with van der Waals surface area (Å²) in [7, 11) is 1.61. The van der Waals surface area contributed by atoms with Crippen molar-refractivity contribution in [1.82, 2.24) is 19.4 Å². The van der Waals surface area contributed by atoms with E-state index in [1.807, 2.05) is 36.7 Å². The van der Waals surface area contributed by atoms with Gasteiger partial charge in [-0.3, -0.25) is 9.69 Å². The number of ether oxygens (including phenoxy) is 2. The minimum Gasteiger partial charge on any atom is -0.487 e. The molecule has 2 saturated heterocycles. The Bertz CT molecular complexity index is 1770. The van der Waals surface area contributed by atoms with Crippen molar-refractivity contribution in [3.05, 3.63) is 76.1 Å². The molecule has 0 unspecified atom stereocenters. The van der Waals surface area contributed by atoms with Gasteiger partial charge in [0.05, 0.1) is 35.9 Å². The molecule has 0 spiro atoms. The molecule has 2 atom stereocenters. The number of piperidine rings is 2. The average molecular weight is 628 g/mol. The van der Waals surface area contributed by atoms with E-state index < -0.39 is 0 Å². The van der Waals surface area contributed by atoms with Crippen molar-refractivity contribution >= 4 is 28.1 Å². The number of hydrogen-bond donors (Lipinski definition) is 1. The third kappa shape index (κ3) is 5.84. The van der Waals surface area contributed by atoms with Crippen LogP contribution in [-0.4, -0.2) is 65.4 Å². The Hall–Kier alpha value is -4.38. The van der Waals surface area contributed by atoms with Gasteiger partial charge >= 0.3 is 0 Å².